The Morgan fingerprint density at radius 2 is 1.88 bits per heavy atom. The topological polar surface area (TPSA) is 81.7 Å². The number of rotatable bonds is 5. The fraction of sp³-hybridized carbons (Fsp3) is 0.263. The number of nitrogens with zero attached hydrogens (tertiary/aromatic N) is 1. The second-order valence-corrected chi connectivity index (χ2v) is 6.13. The quantitative estimate of drug-likeness (QED) is 0.713. The Kier molecular flexibility index (Phi) is 6.30. The summed E-state index contributed by atoms with van der Waals surface area (Å²) in [5, 5.41) is 14.8. The van der Waals surface area contributed by atoms with E-state index in [1.807, 2.05) is 32.0 Å². The second kappa shape index (κ2) is 8.44. The van der Waals surface area contributed by atoms with Crippen molar-refractivity contribution in [2.24, 2.45) is 0 Å². The van der Waals surface area contributed by atoms with Crippen LogP contribution in [0.4, 0.5) is 15.8 Å². The van der Waals surface area contributed by atoms with Gasteiger partial charge in [0.2, 0.25) is 0 Å². The van der Waals surface area contributed by atoms with Gasteiger partial charge in [-0.25, -0.2) is 4.39 Å². The third kappa shape index (κ3) is 5.03. The molecule has 0 aliphatic heterocycles. The lowest BCUT2D eigenvalue weighted by Gasteiger charge is -2.16. The molecule has 0 fully saturated rings. The van der Waals surface area contributed by atoms with E-state index in [0.717, 1.165) is 11.3 Å². The SMILES string of the molecule is Cc1cc(NC(=O)C(=O)NCC(O)c2cccc(F)c2)ccc1N(C)C. The minimum atomic E-state index is -1.11. The first-order chi connectivity index (χ1) is 12.3. The standard InChI is InChI=1S/C19H22FN3O3/c1-12-9-15(7-8-16(12)23(2)3)22-19(26)18(25)21-11-17(24)13-5-4-6-14(20)10-13/h4-10,17,24H,11H2,1-3H3,(H,21,25)(H,22,26). The highest BCUT2D eigenvalue weighted by atomic mass is 19.1. The van der Waals surface area contributed by atoms with E-state index in [0.29, 0.717) is 11.3 Å². The molecule has 138 valence electrons. The van der Waals surface area contributed by atoms with Crippen LogP contribution in [0.25, 0.3) is 0 Å². The van der Waals surface area contributed by atoms with E-state index in [9.17, 15) is 19.1 Å². The van der Waals surface area contributed by atoms with Crippen LogP contribution in [0.3, 0.4) is 0 Å². The molecule has 1 unspecified atom stereocenters. The van der Waals surface area contributed by atoms with Gasteiger partial charge in [0.05, 0.1) is 6.10 Å². The highest BCUT2D eigenvalue weighted by molar-refractivity contribution is 6.39. The normalized spacial score (nSPS) is 11.6. The Morgan fingerprint density at radius 3 is 2.50 bits per heavy atom. The Balaban J connectivity index is 1.91. The molecular formula is C19H22FN3O3. The molecule has 2 aromatic rings. The van der Waals surface area contributed by atoms with Crippen LogP contribution >= 0.6 is 0 Å². The van der Waals surface area contributed by atoms with Crippen LogP contribution in [0, 0.1) is 12.7 Å². The molecule has 2 amide bonds. The molecule has 0 heterocycles. The summed E-state index contributed by atoms with van der Waals surface area (Å²) in [5.41, 5.74) is 2.78. The van der Waals surface area contributed by atoms with Crippen molar-refractivity contribution < 1.29 is 19.1 Å². The van der Waals surface area contributed by atoms with Crippen molar-refractivity contribution >= 4 is 23.2 Å². The summed E-state index contributed by atoms with van der Waals surface area (Å²) < 4.78 is 13.1. The third-order valence-electron chi connectivity index (χ3n) is 3.83. The van der Waals surface area contributed by atoms with Crippen molar-refractivity contribution in [2.45, 2.75) is 13.0 Å². The van der Waals surface area contributed by atoms with E-state index < -0.39 is 23.7 Å². The number of carbonyl (C=O) groups is 2. The van der Waals surface area contributed by atoms with E-state index in [1.165, 1.54) is 24.3 Å². The summed E-state index contributed by atoms with van der Waals surface area (Å²) in [4.78, 5) is 25.8. The van der Waals surface area contributed by atoms with Gasteiger partial charge in [-0.3, -0.25) is 9.59 Å². The van der Waals surface area contributed by atoms with Crippen LogP contribution in [0.15, 0.2) is 42.5 Å². The summed E-state index contributed by atoms with van der Waals surface area (Å²) in [6, 6.07) is 10.7. The molecule has 0 radical (unpaired) electrons. The number of nitrogens with one attached hydrogen (secondary N) is 2. The van der Waals surface area contributed by atoms with E-state index in [2.05, 4.69) is 10.6 Å². The first-order valence-electron chi connectivity index (χ1n) is 8.08. The van der Waals surface area contributed by atoms with Crippen molar-refractivity contribution in [1.82, 2.24) is 5.32 Å². The fourth-order valence-electron chi connectivity index (χ4n) is 2.52. The van der Waals surface area contributed by atoms with Crippen molar-refractivity contribution in [3.8, 4) is 0 Å². The summed E-state index contributed by atoms with van der Waals surface area (Å²) in [7, 11) is 3.83. The maximum absolute atomic E-state index is 13.1. The van der Waals surface area contributed by atoms with Gasteiger partial charge >= 0.3 is 11.8 Å². The number of hydrogen-bond donors (Lipinski definition) is 3. The summed E-state index contributed by atoms with van der Waals surface area (Å²) >= 11 is 0. The monoisotopic (exact) mass is 359 g/mol. The first-order valence-corrected chi connectivity index (χ1v) is 8.08. The maximum Gasteiger partial charge on any atom is 0.313 e. The van der Waals surface area contributed by atoms with Gasteiger partial charge in [0.1, 0.15) is 5.82 Å². The molecule has 3 N–H and O–H groups in total. The molecule has 0 spiro atoms. The number of aryl methyl sites for hydroxylation is 1. The lowest BCUT2D eigenvalue weighted by Crippen LogP contribution is -2.37. The molecule has 2 aromatic carbocycles. The number of hydrogen-bond acceptors (Lipinski definition) is 4. The van der Waals surface area contributed by atoms with Crippen molar-refractivity contribution in [1.29, 1.82) is 0 Å². The van der Waals surface area contributed by atoms with Crippen LogP contribution in [0.5, 0.6) is 0 Å². The van der Waals surface area contributed by atoms with Crippen LogP contribution in [-0.2, 0) is 9.59 Å². The zero-order valence-electron chi connectivity index (χ0n) is 14.9. The van der Waals surface area contributed by atoms with Gasteiger partial charge in [-0.1, -0.05) is 12.1 Å². The Bertz CT molecular complexity index is 808. The lowest BCUT2D eigenvalue weighted by atomic mass is 10.1. The van der Waals surface area contributed by atoms with Gasteiger partial charge in [0.15, 0.2) is 0 Å². The molecule has 6 nitrogen and oxygen atoms in total. The fourth-order valence-corrected chi connectivity index (χ4v) is 2.52. The number of carbonyl (C=O) groups excluding carboxylic acids is 2. The van der Waals surface area contributed by atoms with Crippen molar-refractivity contribution in [3.05, 3.63) is 59.4 Å². The number of halogens is 1. The summed E-state index contributed by atoms with van der Waals surface area (Å²) in [6.07, 6.45) is -1.11. The van der Waals surface area contributed by atoms with Crippen LogP contribution in [-0.4, -0.2) is 37.6 Å². The van der Waals surface area contributed by atoms with Crippen LogP contribution < -0.4 is 15.5 Å². The second-order valence-electron chi connectivity index (χ2n) is 6.13. The molecular weight excluding hydrogens is 337 g/mol. The van der Waals surface area contributed by atoms with Gasteiger partial charge in [-0.15, -0.1) is 0 Å². The van der Waals surface area contributed by atoms with Crippen LogP contribution in [0.2, 0.25) is 0 Å². The molecule has 0 saturated carbocycles. The molecule has 0 saturated heterocycles. The Morgan fingerprint density at radius 1 is 1.15 bits per heavy atom. The molecule has 1 atom stereocenters. The number of benzene rings is 2. The van der Waals surface area contributed by atoms with Gasteiger partial charge in [0, 0.05) is 32.0 Å². The molecule has 0 bridgehead atoms. The van der Waals surface area contributed by atoms with E-state index in [1.54, 1.807) is 12.1 Å². The Labute approximate surface area is 151 Å². The van der Waals surface area contributed by atoms with Crippen molar-refractivity contribution in [2.75, 3.05) is 30.9 Å². The number of amides is 2. The predicted molar refractivity (Wildman–Crippen MR) is 98.5 cm³/mol. The van der Waals surface area contributed by atoms with Gasteiger partial charge in [-0.05, 0) is 48.4 Å². The average molecular weight is 359 g/mol. The maximum atomic E-state index is 13.1. The van der Waals surface area contributed by atoms with Gasteiger partial charge in [0.25, 0.3) is 0 Å². The zero-order valence-corrected chi connectivity index (χ0v) is 14.9. The highest BCUT2D eigenvalue weighted by Crippen LogP contribution is 2.21. The van der Waals surface area contributed by atoms with E-state index in [-0.39, 0.29) is 6.54 Å². The van der Waals surface area contributed by atoms with Gasteiger partial charge < -0.3 is 20.6 Å². The minimum Gasteiger partial charge on any atom is -0.387 e. The Hall–Kier alpha value is -2.93. The summed E-state index contributed by atoms with van der Waals surface area (Å²) in [6.45, 7) is 1.70. The number of anilines is 2. The number of aliphatic hydroxyl groups is 1. The smallest absolute Gasteiger partial charge is 0.313 e. The molecule has 0 aliphatic rings. The number of aliphatic hydroxyl groups excluding tert-OH is 1. The molecule has 2 rings (SSSR count). The molecule has 0 aromatic heterocycles. The average Bonchev–Trinajstić information content (AvgIpc) is 2.59. The lowest BCUT2D eigenvalue weighted by molar-refractivity contribution is -0.136. The molecule has 7 heteroatoms. The highest BCUT2D eigenvalue weighted by Gasteiger charge is 2.16. The molecule has 26 heavy (non-hydrogen) atoms. The first kappa shape index (κ1) is 19.4. The van der Waals surface area contributed by atoms with E-state index in [4.69, 9.17) is 0 Å². The summed E-state index contributed by atoms with van der Waals surface area (Å²) in [5.74, 6) is -2.20. The third-order valence-corrected chi connectivity index (χ3v) is 3.83. The molecule has 0 aliphatic carbocycles. The van der Waals surface area contributed by atoms with Crippen LogP contribution in [0.1, 0.15) is 17.2 Å². The minimum absolute atomic E-state index is 0.200. The zero-order chi connectivity index (χ0) is 19.3. The predicted octanol–water partition coefficient (Wildman–Crippen LogP) is 1.99. The van der Waals surface area contributed by atoms with E-state index >= 15 is 0 Å². The van der Waals surface area contributed by atoms with Gasteiger partial charge in [-0.2, -0.15) is 0 Å². The largest absolute Gasteiger partial charge is 0.387 e. The van der Waals surface area contributed by atoms with Crippen molar-refractivity contribution in [3.63, 3.8) is 0 Å².